The van der Waals surface area contributed by atoms with E-state index in [0.29, 0.717) is 5.02 Å². The Bertz CT molecular complexity index is 502. The van der Waals surface area contributed by atoms with Crippen LogP contribution < -0.4 is 10.6 Å². The molecule has 114 valence electrons. The lowest BCUT2D eigenvalue weighted by atomic mass is 10.0. The molecule has 3 nitrogen and oxygen atoms in total. The van der Waals surface area contributed by atoms with Crippen LogP contribution in [0.5, 0.6) is 0 Å². The van der Waals surface area contributed by atoms with Gasteiger partial charge >= 0.3 is 0 Å². The van der Waals surface area contributed by atoms with Crippen LogP contribution in [0.1, 0.15) is 32.1 Å². The minimum atomic E-state index is -0.144. The number of carbonyl (C=O) groups excluding carboxylic acids is 1. The largest absolute Gasteiger partial charge is 0.326 e. The van der Waals surface area contributed by atoms with Crippen molar-refractivity contribution in [3.05, 3.63) is 40.9 Å². The van der Waals surface area contributed by atoms with Gasteiger partial charge in [-0.25, -0.2) is 0 Å². The number of hydrogen-bond acceptors (Lipinski definition) is 2. The van der Waals surface area contributed by atoms with Gasteiger partial charge in [0.15, 0.2) is 0 Å². The van der Waals surface area contributed by atoms with Gasteiger partial charge < -0.3 is 10.6 Å². The van der Waals surface area contributed by atoms with Gasteiger partial charge in [0, 0.05) is 28.4 Å². The quantitative estimate of drug-likeness (QED) is 0.671. The molecule has 2 atom stereocenters. The smallest absolute Gasteiger partial charge is 0.252 e. The van der Waals surface area contributed by atoms with Crippen LogP contribution in [0.3, 0.4) is 0 Å². The van der Waals surface area contributed by atoms with E-state index < -0.39 is 0 Å². The zero-order valence-electron chi connectivity index (χ0n) is 11.8. The lowest BCUT2D eigenvalue weighted by molar-refractivity contribution is -0.114. The lowest BCUT2D eigenvalue weighted by Crippen LogP contribution is -2.50. The van der Waals surface area contributed by atoms with Crippen LogP contribution in [0.15, 0.2) is 35.9 Å². The standard InChI is InChI=1S/C16H20Cl2N2O/c17-11-10-16(21)20(13-8-6-12(18)7-9-13)15-5-3-1-2-4-14(15)19/h6-11,14-15H,1-5,19H2. The molecule has 0 radical (unpaired) electrons. The van der Waals surface area contributed by atoms with Crippen LogP contribution in [0.4, 0.5) is 5.69 Å². The molecule has 1 fully saturated rings. The monoisotopic (exact) mass is 326 g/mol. The SMILES string of the molecule is NC1CCCCCC1N(C(=O)C=CCl)c1ccc(Cl)cc1. The molecule has 21 heavy (non-hydrogen) atoms. The summed E-state index contributed by atoms with van der Waals surface area (Å²) in [6.07, 6.45) is 6.58. The van der Waals surface area contributed by atoms with Gasteiger partial charge in [-0.3, -0.25) is 4.79 Å². The molecule has 2 unspecified atom stereocenters. The highest BCUT2D eigenvalue weighted by Crippen LogP contribution is 2.27. The van der Waals surface area contributed by atoms with Crippen LogP contribution in [0, 0.1) is 0 Å². The summed E-state index contributed by atoms with van der Waals surface area (Å²) in [5.41, 5.74) is 8.35. The number of anilines is 1. The van der Waals surface area contributed by atoms with Crippen LogP contribution in [-0.4, -0.2) is 18.0 Å². The molecule has 2 N–H and O–H groups in total. The first-order valence-electron chi connectivity index (χ1n) is 7.24. The molecule has 2 rings (SSSR count). The van der Waals surface area contributed by atoms with Gasteiger partial charge in [0.2, 0.25) is 0 Å². The van der Waals surface area contributed by atoms with Gasteiger partial charge in [0.1, 0.15) is 0 Å². The Hall–Kier alpha value is -1.03. The molecule has 1 amide bonds. The fourth-order valence-electron chi connectivity index (χ4n) is 2.86. The topological polar surface area (TPSA) is 46.3 Å². The average Bonchev–Trinajstić information content (AvgIpc) is 2.67. The van der Waals surface area contributed by atoms with Gasteiger partial charge in [-0.15, -0.1) is 0 Å². The van der Waals surface area contributed by atoms with Crippen molar-refractivity contribution in [1.29, 1.82) is 0 Å². The highest BCUT2D eigenvalue weighted by molar-refractivity contribution is 6.30. The number of carbonyl (C=O) groups is 1. The van der Waals surface area contributed by atoms with Crippen LogP contribution in [0.25, 0.3) is 0 Å². The second kappa shape index (κ2) is 7.83. The highest BCUT2D eigenvalue weighted by Gasteiger charge is 2.30. The number of halogens is 2. The molecular weight excluding hydrogens is 307 g/mol. The van der Waals surface area contributed by atoms with Gasteiger partial charge in [0.25, 0.3) is 5.91 Å². The minimum Gasteiger partial charge on any atom is -0.326 e. The molecule has 0 aliphatic heterocycles. The molecule has 0 saturated heterocycles. The molecular formula is C16H20Cl2N2O. The van der Waals surface area contributed by atoms with Crippen molar-refractivity contribution in [3.8, 4) is 0 Å². The highest BCUT2D eigenvalue weighted by atomic mass is 35.5. The predicted octanol–water partition coefficient (Wildman–Crippen LogP) is 4.09. The summed E-state index contributed by atoms with van der Waals surface area (Å²) in [6.45, 7) is 0. The summed E-state index contributed by atoms with van der Waals surface area (Å²) in [5, 5.41) is 0.643. The first-order chi connectivity index (χ1) is 10.1. The van der Waals surface area contributed by atoms with E-state index in [-0.39, 0.29) is 18.0 Å². The van der Waals surface area contributed by atoms with Crippen molar-refractivity contribution in [3.63, 3.8) is 0 Å². The number of hydrogen-bond donors (Lipinski definition) is 1. The van der Waals surface area contributed by atoms with E-state index in [1.807, 2.05) is 12.1 Å². The maximum absolute atomic E-state index is 12.5. The Morgan fingerprint density at radius 2 is 1.86 bits per heavy atom. The number of nitrogens with two attached hydrogens (primary N) is 1. The fraction of sp³-hybridized carbons (Fsp3) is 0.438. The average molecular weight is 327 g/mol. The van der Waals surface area contributed by atoms with E-state index in [2.05, 4.69) is 0 Å². The van der Waals surface area contributed by atoms with Gasteiger partial charge in [-0.2, -0.15) is 0 Å². The van der Waals surface area contributed by atoms with Crippen LogP contribution in [-0.2, 0) is 4.79 Å². The van der Waals surface area contributed by atoms with Crippen LogP contribution in [0.2, 0.25) is 5.02 Å². The summed E-state index contributed by atoms with van der Waals surface area (Å²) in [5.74, 6) is -0.144. The Kier molecular flexibility index (Phi) is 6.09. The summed E-state index contributed by atoms with van der Waals surface area (Å²) in [4.78, 5) is 14.2. The first kappa shape index (κ1) is 16.3. The Balaban J connectivity index is 2.34. The number of rotatable bonds is 3. The van der Waals surface area contributed by atoms with Gasteiger partial charge in [-0.05, 0) is 37.1 Å². The van der Waals surface area contributed by atoms with Gasteiger partial charge in [-0.1, -0.05) is 42.5 Å². The van der Waals surface area contributed by atoms with Crippen molar-refractivity contribution in [2.24, 2.45) is 5.73 Å². The van der Waals surface area contributed by atoms with Crippen molar-refractivity contribution in [2.45, 2.75) is 44.2 Å². The van der Waals surface area contributed by atoms with Crippen LogP contribution >= 0.6 is 23.2 Å². The molecule has 0 spiro atoms. The maximum atomic E-state index is 12.5. The molecule has 1 aliphatic rings. The molecule has 1 aliphatic carbocycles. The van der Waals surface area contributed by atoms with Crippen molar-refractivity contribution < 1.29 is 4.79 Å². The summed E-state index contributed by atoms with van der Waals surface area (Å²) < 4.78 is 0. The zero-order valence-corrected chi connectivity index (χ0v) is 13.4. The molecule has 0 aromatic heterocycles. The second-order valence-electron chi connectivity index (χ2n) is 5.35. The van der Waals surface area contributed by atoms with E-state index in [4.69, 9.17) is 28.9 Å². The van der Waals surface area contributed by atoms with E-state index in [9.17, 15) is 4.79 Å². The van der Waals surface area contributed by atoms with Gasteiger partial charge in [0.05, 0.1) is 6.04 Å². The first-order valence-corrected chi connectivity index (χ1v) is 8.06. The minimum absolute atomic E-state index is 0.00552. The molecule has 1 aromatic rings. The van der Waals surface area contributed by atoms with E-state index in [1.165, 1.54) is 11.6 Å². The summed E-state index contributed by atoms with van der Waals surface area (Å²) >= 11 is 11.5. The normalized spacial score (nSPS) is 23.0. The number of amides is 1. The molecule has 1 aromatic carbocycles. The number of nitrogens with zero attached hydrogens (tertiary/aromatic N) is 1. The van der Waals surface area contributed by atoms with E-state index >= 15 is 0 Å². The molecule has 0 heterocycles. The van der Waals surface area contributed by atoms with E-state index in [0.717, 1.165) is 37.8 Å². The van der Waals surface area contributed by atoms with Crippen molar-refractivity contribution in [1.82, 2.24) is 0 Å². The second-order valence-corrected chi connectivity index (χ2v) is 6.03. The van der Waals surface area contributed by atoms with E-state index in [1.54, 1.807) is 17.0 Å². The summed E-state index contributed by atoms with van der Waals surface area (Å²) in [6, 6.07) is 7.23. The molecule has 0 bridgehead atoms. The number of benzene rings is 1. The molecule has 1 saturated carbocycles. The Morgan fingerprint density at radius 1 is 1.19 bits per heavy atom. The van der Waals surface area contributed by atoms with Crippen molar-refractivity contribution >= 4 is 34.8 Å². The Morgan fingerprint density at radius 3 is 2.52 bits per heavy atom. The third-order valence-corrected chi connectivity index (χ3v) is 4.29. The zero-order chi connectivity index (χ0) is 15.2. The molecule has 5 heteroatoms. The summed E-state index contributed by atoms with van der Waals surface area (Å²) in [7, 11) is 0. The fourth-order valence-corrected chi connectivity index (χ4v) is 3.09. The third kappa shape index (κ3) is 4.22. The Labute approximate surface area is 135 Å². The lowest BCUT2D eigenvalue weighted by Gasteiger charge is -2.34. The predicted molar refractivity (Wildman–Crippen MR) is 88.8 cm³/mol. The maximum Gasteiger partial charge on any atom is 0.252 e. The third-order valence-electron chi connectivity index (χ3n) is 3.91. The van der Waals surface area contributed by atoms with Crippen molar-refractivity contribution in [2.75, 3.05) is 4.90 Å².